The molecule has 0 N–H and O–H groups in total. The van der Waals surface area contributed by atoms with Gasteiger partial charge in [0.05, 0.1) is 19.1 Å². The summed E-state index contributed by atoms with van der Waals surface area (Å²) >= 11 is 0. The van der Waals surface area contributed by atoms with Gasteiger partial charge in [0.1, 0.15) is 19.5 Å². The number of aryl methyl sites for hydroxylation is 1. The molecule has 0 unspecified atom stereocenters. The molecule has 56 heavy (non-hydrogen) atoms. The van der Waals surface area contributed by atoms with E-state index in [0.29, 0.717) is 48.3 Å². The molecule has 5 rings (SSSR count). The van der Waals surface area contributed by atoms with Crippen LogP contribution < -0.4 is 75.4 Å². The number of hydrogen-bond acceptors (Lipinski definition) is 8. The van der Waals surface area contributed by atoms with Gasteiger partial charge in [-0.3, -0.25) is 9.64 Å². The third-order valence-electron chi connectivity index (χ3n) is 6.90. The average Bonchev–Trinajstić information content (AvgIpc) is 3.17. The van der Waals surface area contributed by atoms with Crippen LogP contribution in [0, 0.1) is 20.1 Å². The minimum Gasteiger partial charge on any atom is -0.850 e. The van der Waals surface area contributed by atoms with E-state index < -0.39 is 21.3 Å². The molecular formula is C44H47KN2O8S. The van der Waals surface area contributed by atoms with E-state index in [-0.39, 0.29) is 56.3 Å². The number of nitrogens with zero attached hydrogens (tertiary/aromatic N) is 2. The topological polar surface area (TPSA) is 120 Å². The van der Waals surface area contributed by atoms with Gasteiger partial charge in [-0.2, -0.15) is 0 Å². The van der Waals surface area contributed by atoms with Gasteiger partial charge in [-0.25, -0.2) is 21.6 Å². The van der Waals surface area contributed by atoms with Gasteiger partial charge in [0.15, 0.2) is 23.0 Å². The summed E-state index contributed by atoms with van der Waals surface area (Å²) < 4.78 is 44.6. The molecule has 0 saturated carbocycles. The molecule has 0 aliphatic rings. The SMILES string of the molecule is CC(C)(C)[O-].COc1ccc(C=O)cc1OCc1ccccc1.[C-]#[N+]CS(=O)(=O)c1ccc(C)cc1.[C-]#[N+]Cc1ccc(OC)c(OCc2ccccc2)c1.[K+]. The van der Waals surface area contributed by atoms with Crippen molar-refractivity contribution in [2.75, 3.05) is 20.1 Å². The zero-order chi connectivity index (χ0) is 40.7. The summed E-state index contributed by atoms with van der Waals surface area (Å²) in [6, 6.07) is 36.9. The van der Waals surface area contributed by atoms with Crippen LogP contribution in [0.25, 0.3) is 9.69 Å². The van der Waals surface area contributed by atoms with Crippen LogP contribution >= 0.6 is 0 Å². The van der Waals surface area contributed by atoms with Crippen molar-refractivity contribution < 1.29 is 88.7 Å². The van der Waals surface area contributed by atoms with E-state index in [4.69, 9.17) is 32.1 Å². The molecule has 0 saturated heterocycles. The largest absolute Gasteiger partial charge is 1.00 e. The summed E-state index contributed by atoms with van der Waals surface area (Å²) in [5.41, 5.74) is 3.91. The average molecular weight is 803 g/mol. The van der Waals surface area contributed by atoms with Crippen molar-refractivity contribution in [1.82, 2.24) is 0 Å². The monoisotopic (exact) mass is 802 g/mol. The van der Waals surface area contributed by atoms with E-state index in [1.807, 2.05) is 85.8 Å². The Labute approximate surface area is 374 Å². The van der Waals surface area contributed by atoms with Crippen LogP contribution in [0.3, 0.4) is 0 Å². The number of ether oxygens (including phenoxy) is 4. The molecule has 0 spiro atoms. The number of rotatable bonds is 12. The van der Waals surface area contributed by atoms with Gasteiger partial charge in [-0.1, -0.05) is 99.1 Å². The van der Waals surface area contributed by atoms with Gasteiger partial charge in [0.25, 0.3) is 9.84 Å². The number of methoxy groups -OCH3 is 2. The molecule has 5 aromatic rings. The molecule has 0 amide bonds. The van der Waals surface area contributed by atoms with Gasteiger partial charge in [-0.05, 0) is 66.6 Å². The molecule has 0 heterocycles. The first kappa shape index (κ1) is 49.5. The molecule has 0 aliphatic carbocycles. The molecule has 12 heteroatoms. The van der Waals surface area contributed by atoms with Gasteiger partial charge in [0.2, 0.25) is 6.54 Å². The Hall–Kier alpha value is -4.50. The van der Waals surface area contributed by atoms with Crippen LogP contribution in [0.5, 0.6) is 23.0 Å². The minimum absolute atomic E-state index is 0. The fraction of sp³-hybridized carbons (Fsp3) is 0.250. The second-order valence-corrected chi connectivity index (χ2v) is 14.7. The quantitative estimate of drug-likeness (QED) is 0.0913. The Morgan fingerprint density at radius 1 is 0.661 bits per heavy atom. The Balaban J connectivity index is 0.000000398. The molecular weight excluding hydrogens is 756 g/mol. The fourth-order valence-electron chi connectivity index (χ4n) is 4.28. The van der Waals surface area contributed by atoms with Gasteiger partial charge in [-0.15, -0.1) is 5.60 Å². The van der Waals surface area contributed by atoms with E-state index in [0.717, 1.165) is 28.5 Å². The summed E-state index contributed by atoms with van der Waals surface area (Å²) in [6.07, 6.45) is 0.787. The molecule has 0 aromatic heterocycles. The Morgan fingerprint density at radius 2 is 1.12 bits per heavy atom. The second-order valence-electron chi connectivity index (χ2n) is 12.7. The van der Waals surface area contributed by atoms with Crippen molar-refractivity contribution in [3.63, 3.8) is 0 Å². The second kappa shape index (κ2) is 26.4. The smallest absolute Gasteiger partial charge is 0.850 e. The first-order valence-electron chi connectivity index (χ1n) is 17.0. The molecule has 10 nitrogen and oxygen atoms in total. The summed E-state index contributed by atoms with van der Waals surface area (Å²) in [4.78, 5) is 17.2. The van der Waals surface area contributed by atoms with E-state index >= 15 is 0 Å². The molecule has 0 fully saturated rings. The van der Waals surface area contributed by atoms with Crippen molar-refractivity contribution in [3.8, 4) is 23.0 Å². The Morgan fingerprint density at radius 3 is 1.55 bits per heavy atom. The molecule has 5 aromatic carbocycles. The number of carbonyl (C=O) groups is 1. The number of aldehydes is 1. The van der Waals surface area contributed by atoms with Gasteiger partial charge < -0.3 is 28.9 Å². The van der Waals surface area contributed by atoms with Crippen molar-refractivity contribution in [2.24, 2.45) is 0 Å². The number of benzene rings is 5. The van der Waals surface area contributed by atoms with Crippen molar-refractivity contribution in [2.45, 2.75) is 58.0 Å². The maximum absolute atomic E-state index is 11.3. The summed E-state index contributed by atoms with van der Waals surface area (Å²) in [6.45, 7) is 21.5. The summed E-state index contributed by atoms with van der Waals surface area (Å²) in [5.74, 6) is 2.08. The maximum Gasteiger partial charge on any atom is 1.00 e. The zero-order valence-corrected chi connectivity index (χ0v) is 37.0. The molecule has 0 atom stereocenters. The van der Waals surface area contributed by atoms with E-state index in [1.165, 1.54) is 12.1 Å². The van der Waals surface area contributed by atoms with E-state index in [9.17, 15) is 18.3 Å². The third kappa shape index (κ3) is 19.9. The molecule has 0 bridgehead atoms. The van der Waals surface area contributed by atoms with Crippen LogP contribution in [-0.4, -0.2) is 40.4 Å². The van der Waals surface area contributed by atoms with Crippen molar-refractivity contribution in [3.05, 3.63) is 172 Å². The van der Waals surface area contributed by atoms with Crippen LogP contribution in [0.1, 0.15) is 53.4 Å². The van der Waals surface area contributed by atoms with Crippen molar-refractivity contribution in [1.29, 1.82) is 0 Å². The molecule has 0 radical (unpaired) electrons. The minimum atomic E-state index is -3.38. The summed E-state index contributed by atoms with van der Waals surface area (Å²) in [7, 11) is -0.196. The molecule has 0 aliphatic heterocycles. The fourth-order valence-corrected chi connectivity index (χ4v) is 5.15. The van der Waals surface area contributed by atoms with Crippen molar-refractivity contribution >= 4 is 16.1 Å². The third-order valence-corrected chi connectivity index (χ3v) is 8.36. The van der Waals surface area contributed by atoms with Gasteiger partial charge >= 0.3 is 57.3 Å². The zero-order valence-electron chi connectivity index (χ0n) is 33.0. The number of carbonyl (C=O) groups excluding carboxylic acids is 1. The summed E-state index contributed by atoms with van der Waals surface area (Å²) in [5, 5.41) is 10.1. The van der Waals surface area contributed by atoms with Gasteiger partial charge in [0, 0.05) is 11.1 Å². The number of hydrogen-bond donors (Lipinski definition) is 0. The van der Waals surface area contributed by atoms with Crippen LogP contribution in [0.2, 0.25) is 0 Å². The van der Waals surface area contributed by atoms with Crippen LogP contribution in [0.4, 0.5) is 0 Å². The normalized spacial score (nSPS) is 10.0. The maximum atomic E-state index is 11.3. The first-order chi connectivity index (χ1) is 26.2. The predicted octanol–water partition coefficient (Wildman–Crippen LogP) is 5.57. The predicted molar refractivity (Wildman–Crippen MR) is 213 cm³/mol. The van der Waals surface area contributed by atoms with Crippen LogP contribution in [-0.2, 0) is 29.6 Å². The standard InChI is InChI=1S/C16H15NO2.C15H14O3.C9H9NO2S.C4H9O.K/c1-17-11-14-8-9-15(18-2)16(10-14)19-12-13-6-4-3-5-7-13;1-17-14-8-7-13(10-16)9-15(14)18-11-12-5-3-2-4-6-12;1-8-3-5-9(6-4-8)13(11,12)7-10-2;1-4(2,3)5;/h3-10H,11-12H2,2H3;2-10H,11H2,1H3;3-6H,7H2,1H3;1-3H3;/q;;;-1;+1. The first-order valence-corrected chi connectivity index (χ1v) is 18.7. The Bertz CT molecular complexity index is 2090. The number of sulfone groups is 1. The molecule has 288 valence electrons. The van der Waals surface area contributed by atoms with E-state index in [2.05, 4.69) is 9.69 Å². The van der Waals surface area contributed by atoms with Crippen LogP contribution in [0.15, 0.2) is 126 Å². The van der Waals surface area contributed by atoms with E-state index in [1.54, 1.807) is 65.3 Å². The Kier molecular flexibility index (Phi) is 23.3.